The molecule has 0 radical (unpaired) electrons. The number of thioether (sulfide) groups is 1. The zero-order chi connectivity index (χ0) is 15.7. The number of benzene rings is 2. The number of anilines is 1. The molecule has 0 fully saturated rings. The molecule has 3 rings (SSSR count). The van der Waals surface area contributed by atoms with Crippen LogP contribution in [0.15, 0.2) is 45.8 Å². The number of fused-ring (bicyclic) bond motifs is 1. The highest BCUT2D eigenvalue weighted by Crippen LogP contribution is 2.32. The van der Waals surface area contributed by atoms with Crippen LogP contribution in [0.5, 0.6) is 0 Å². The maximum Gasteiger partial charge on any atom is 0.258 e. The van der Waals surface area contributed by atoms with Gasteiger partial charge >= 0.3 is 0 Å². The molecule has 0 aliphatic carbocycles. The number of aromatic nitrogens is 1. The van der Waals surface area contributed by atoms with E-state index in [1.54, 1.807) is 30.0 Å². The summed E-state index contributed by atoms with van der Waals surface area (Å²) < 4.78 is 1.85. The molecule has 0 spiro atoms. The van der Waals surface area contributed by atoms with E-state index < -0.39 is 0 Å². The molecular weight excluding hydrogens is 404 g/mol. The van der Waals surface area contributed by atoms with Crippen LogP contribution in [0.3, 0.4) is 0 Å². The largest absolute Gasteiger partial charge is 0.298 e. The predicted molar refractivity (Wildman–Crippen MR) is 98.5 cm³/mol. The maximum atomic E-state index is 12.4. The summed E-state index contributed by atoms with van der Waals surface area (Å²) in [7, 11) is 0. The summed E-state index contributed by atoms with van der Waals surface area (Å²) in [6.45, 7) is 0. The molecule has 3 aromatic rings. The van der Waals surface area contributed by atoms with Gasteiger partial charge in [0.05, 0.1) is 20.8 Å². The zero-order valence-electron chi connectivity index (χ0n) is 11.4. The van der Waals surface area contributed by atoms with Crippen molar-refractivity contribution in [3.63, 3.8) is 0 Å². The Balaban J connectivity index is 1.93. The Labute approximate surface area is 149 Å². The van der Waals surface area contributed by atoms with E-state index >= 15 is 0 Å². The fourth-order valence-electron chi connectivity index (χ4n) is 1.98. The SMILES string of the molecule is CSc1cccc2sc(NC(=O)c3cc(Br)ccc3Cl)nc12. The second kappa shape index (κ2) is 6.58. The normalized spacial score (nSPS) is 10.9. The number of para-hydroxylation sites is 1. The van der Waals surface area contributed by atoms with Gasteiger partial charge in [-0.2, -0.15) is 0 Å². The van der Waals surface area contributed by atoms with Gasteiger partial charge in [0, 0.05) is 9.37 Å². The van der Waals surface area contributed by atoms with Gasteiger partial charge in [-0.3, -0.25) is 10.1 Å². The molecule has 0 saturated heterocycles. The van der Waals surface area contributed by atoms with E-state index in [0.29, 0.717) is 15.7 Å². The van der Waals surface area contributed by atoms with Crippen LogP contribution in [0, 0.1) is 0 Å². The quantitative estimate of drug-likeness (QED) is 0.561. The lowest BCUT2D eigenvalue weighted by Crippen LogP contribution is -2.12. The van der Waals surface area contributed by atoms with Crippen molar-refractivity contribution in [1.82, 2.24) is 4.98 Å². The molecule has 112 valence electrons. The molecule has 0 aliphatic heterocycles. The summed E-state index contributed by atoms with van der Waals surface area (Å²) in [4.78, 5) is 18.0. The van der Waals surface area contributed by atoms with Gasteiger partial charge in [0.15, 0.2) is 5.13 Å². The lowest BCUT2D eigenvalue weighted by Gasteiger charge is -2.04. The van der Waals surface area contributed by atoms with Gasteiger partial charge in [-0.25, -0.2) is 4.98 Å². The standard InChI is InChI=1S/C15H10BrClN2OS2/c1-21-11-3-2-4-12-13(11)18-15(22-12)19-14(20)9-7-8(16)5-6-10(9)17/h2-7H,1H3,(H,18,19,20). The summed E-state index contributed by atoms with van der Waals surface area (Å²) in [6.07, 6.45) is 2.01. The van der Waals surface area contributed by atoms with Gasteiger partial charge in [-0.1, -0.05) is 44.9 Å². The van der Waals surface area contributed by atoms with Gasteiger partial charge in [0.25, 0.3) is 5.91 Å². The molecule has 22 heavy (non-hydrogen) atoms. The van der Waals surface area contributed by atoms with E-state index in [0.717, 1.165) is 19.6 Å². The lowest BCUT2D eigenvalue weighted by atomic mass is 10.2. The van der Waals surface area contributed by atoms with E-state index in [4.69, 9.17) is 11.6 Å². The summed E-state index contributed by atoms with van der Waals surface area (Å²) in [5.41, 5.74) is 1.33. The first-order chi connectivity index (χ1) is 10.6. The third-order valence-electron chi connectivity index (χ3n) is 3.00. The molecule has 0 bridgehead atoms. The minimum Gasteiger partial charge on any atom is -0.298 e. The molecule has 1 aromatic heterocycles. The van der Waals surface area contributed by atoms with Crippen molar-refractivity contribution >= 4 is 71.9 Å². The Kier molecular flexibility index (Phi) is 4.73. The van der Waals surface area contributed by atoms with Crippen molar-refractivity contribution < 1.29 is 4.79 Å². The number of rotatable bonds is 3. The van der Waals surface area contributed by atoms with Crippen LogP contribution < -0.4 is 5.32 Å². The number of thiazole rings is 1. The minimum absolute atomic E-state index is 0.268. The highest BCUT2D eigenvalue weighted by atomic mass is 79.9. The van der Waals surface area contributed by atoms with Crippen LogP contribution in [-0.4, -0.2) is 17.1 Å². The number of nitrogens with one attached hydrogen (secondary N) is 1. The Hall–Kier alpha value is -1.08. The molecule has 1 heterocycles. The molecule has 3 nitrogen and oxygen atoms in total. The van der Waals surface area contributed by atoms with Crippen molar-refractivity contribution in [1.29, 1.82) is 0 Å². The molecule has 0 unspecified atom stereocenters. The smallest absolute Gasteiger partial charge is 0.258 e. The molecule has 1 amide bonds. The van der Waals surface area contributed by atoms with Crippen LogP contribution in [0.1, 0.15) is 10.4 Å². The van der Waals surface area contributed by atoms with Crippen LogP contribution in [0.2, 0.25) is 5.02 Å². The number of hydrogen-bond acceptors (Lipinski definition) is 4. The second-order valence-electron chi connectivity index (χ2n) is 4.40. The summed E-state index contributed by atoms with van der Waals surface area (Å²) in [5, 5.41) is 3.80. The minimum atomic E-state index is -0.268. The topological polar surface area (TPSA) is 42.0 Å². The first-order valence-electron chi connectivity index (χ1n) is 6.28. The zero-order valence-corrected chi connectivity index (χ0v) is 15.4. The Morgan fingerprint density at radius 2 is 2.18 bits per heavy atom. The van der Waals surface area contributed by atoms with E-state index in [1.807, 2.05) is 24.5 Å². The number of halogens is 2. The fraction of sp³-hybridized carbons (Fsp3) is 0.0667. The van der Waals surface area contributed by atoms with Crippen molar-refractivity contribution in [2.24, 2.45) is 0 Å². The predicted octanol–water partition coefficient (Wildman–Crippen LogP) is 5.69. The highest BCUT2D eigenvalue weighted by Gasteiger charge is 2.14. The van der Waals surface area contributed by atoms with Gasteiger partial charge in [0.1, 0.15) is 0 Å². The molecule has 0 atom stereocenters. The number of carbonyl (C=O) groups is 1. The average Bonchev–Trinajstić information content (AvgIpc) is 2.91. The number of nitrogens with zero attached hydrogens (tertiary/aromatic N) is 1. The highest BCUT2D eigenvalue weighted by molar-refractivity contribution is 9.10. The third kappa shape index (κ3) is 3.15. The Bertz CT molecular complexity index is 866. The average molecular weight is 414 g/mol. The second-order valence-corrected chi connectivity index (χ2v) is 7.61. The fourth-order valence-corrected chi connectivity index (χ4v) is 4.06. The lowest BCUT2D eigenvalue weighted by molar-refractivity contribution is 0.102. The van der Waals surface area contributed by atoms with Crippen LogP contribution in [-0.2, 0) is 0 Å². The van der Waals surface area contributed by atoms with Gasteiger partial charge in [-0.15, -0.1) is 11.8 Å². The maximum absolute atomic E-state index is 12.4. The first-order valence-corrected chi connectivity index (χ1v) is 9.49. The van der Waals surface area contributed by atoms with Crippen molar-refractivity contribution in [2.45, 2.75) is 4.90 Å². The van der Waals surface area contributed by atoms with E-state index in [1.165, 1.54) is 11.3 Å². The summed E-state index contributed by atoms with van der Waals surface area (Å²) in [6, 6.07) is 11.2. The Morgan fingerprint density at radius 1 is 1.36 bits per heavy atom. The van der Waals surface area contributed by atoms with Gasteiger partial charge in [0.2, 0.25) is 0 Å². The Morgan fingerprint density at radius 3 is 2.95 bits per heavy atom. The molecular formula is C15H10BrClN2OS2. The number of amides is 1. The number of carbonyl (C=O) groups excluding carboxylic acids is 1. The van der Waals surface area contributed by atoms with E-state index in [-0.39, 0.29) is 5.91 Å². The molecule has 7 heteroatoms. The van der Waals surface area contributed by atoms with Crippen molar-refractivity contribution in [2.75, 3.05) is 11.6 Å². The molecule has 2 aromatic carbocycles. The first kappa shape index (κ1) is 15.8. The monoisotopic (exact) mass is 412 g/mol. The van der Waals surface area contributed by atoms with Crippen LogP contribution in [0.4, 0.5) is 5.13 Å². The van der Waals surface area contributed by atoms with Gasteiger partial charge in [-0.05, 0) is 36.6 Å². The van der Waals surface area contributed by atoms with Crippen molar-refractivity contribution in [3.05, 3.63) is 51.5 Å². The third-order valence-corrected chi connectivity index (χ3v) is 5.52. The summed E-state index contributed by atoms with van der Waals surface area (Å²) >= 11 is 12.5. The van der Waals surface area contributed by atoms with E-state index in [2.05, 4.69) is 26.2 Å². The molecule has 0 aliphatic rings. The molecule has 0 saturated carbocycles. The van der Waals surface area contributed by atoms with E-state index in [9.17, 15) is 4.79 Å². The van der Waals surface area contributed by atoms with Gasteiger partial charge < -0.3 is 0 Å². The molecule has 1 N–H and O–H groups in total. The van der Waals surface area contributed by atoms with Crippen LogP contribution in [0.25, 0.3) is 10.2 Å². The van der Waals surface area contributed by atoms with Crippen molar-refractivity contribution in [3.8, 4) is 0 Å². The van der Waals surface area contributed by atoms with Crippen LogP contribution >= 0.6 is 50.6 Å². The number of hydrogen-bond donors (Lipinski definition) is 1. The summed E-state index contributed by atoms with van der Waals surface area (Å²) in [5.74, 6) is -0.268.